The minimum Gasteiger partial charge on any atom is -0.512 e. The molecule has 64 heavy (non-hydrogen) atoms. The third-order valence-corrected chi connectivity index (χ3v) is 13.7. The van der Waals surface area contributed by atoms with Gasteiger partial charge in [0.1, 0.15) is 0 Å². The van der Waals surface area contributed by atoms with Crippen LogP contribution < -0.4 is 0 Å². The van der Waals surface area contributed by atoms with Gasteiger partial charge in [-0.25, -0.2) is 0 Å². The van der Waals surface area contributed by atoms with Crippen LogP contribution in [0.1, 0.15) is 107 Å². The Morgan fingerprint density at radius 3 is 1.77 bits per heavy atom. The zero-order chi connectivity index (χ0) is 46.8. The average Bonchev–Trinajstić information content (AvgIpc) is 3.52. The molecule has 0 aliphatic rings. The van der Waals surface area contributed by atoms with Gasteiger partial charge in [0.05, 0.1) is 11.2 Å². The van der Waals surface area contributed by atoms with Gasteiger partial charge in [-0.3, -0.25) is 9.78 Å². The normalized spacial score (nSPS) is 12.8. The molecule has 0 atom stereocenters. The van der Waals surface area contributed by atoms with Gasteiger partial charge in [-0.1, -0.05) is 168 Å². The average molecular weight is 1070 g/mol. The van der Waals surface area contributed by atoms with Crippen molar-refractivity contribution in [2.45, 2.75) is 115 Å². The molecule has 8 heteroatoms. The van der Waals surface area contributed by atoms with Crippen LogP contribution in [0, 0.1) is 53.9 Å². The first kappa shape index (κ1) is 52.5. The van der Waals surface area contributed by atoms with Crippen molar-refractivity contribution >= 4 is 38.0 Å². The van der Waals surface area contributed by atoms with E-state index in [1.165, 1.54) is 46.7 Å². The fourth-order valence-electron chi connectivity index (χ4n) is 9.05. The van der Waals surface area contributed by atoms with Crippen molar-refractivity contribution in [3.8, 4) is 32.8 Å². The summed E-state index contributed by atoms with van der Waals surface area (Å²) in [5.74, 6) is 1.63. The molecule has 3 nitrogen and oxygen atoms in total. The molecule has 0 aliphatic heterocycles. The topological polar surface area (TPSA) is 50.2 Å². The number of aliphatic hydroxyl groups is 1. The van der Waals surface area contributed by atoms with Crippen molar-refractivity contribution in [1.82, 2.24) is 4.98 Å². The monoisotopic (exact) mass is 1070 g/mol. The van der Waals surface area contributed by atoms with Crippen LogP contribution >= 0.6 is 11.3 Å². The SMILES string of the molecule is CC(C)C(C(=O)/C=C(\O)C(C(C)C)C(C)C)C(C)C.Cc1c(-c2ccc(-c3ccc(CC(C)(C)C(F)(F)F)cc3)cc2)sc2c(-c3[c-]c4ccccc4c(C(C)(C)C)c3)nccc12.[Ir]. The molecule has 0 aliphatic carbocycles. The third kappa shape index (κ3) is 12.0. The molecule has 1 N–H and O–H groups in total. The summed E-state index contributed by atoms with van der Waals surface area (Å²) in [6.45, 7) is 28.0. The Balaban J connectivity index is 0.000000382. The quantitative estimate of drug-likeness (QED) is 0.0755. The molecule has 0 fully saturated rings. The number of ketones is 1. The maximum Gasteiger partial charge on any atom is 0.394 e. The van der Waals surface area contributed by atoms with Crippen LogP contribution in [0.5, 0.6) is 0 Å². The van der Waals surface area contributed by atoms with Crippen molar-refractivity contribution in [3.63, 3.8) is 0 Å². The smallest absolute Gasteiger partial charge is 0.394 e. The number of hydrogen-bond donors (Lipinski definition) is 1. The Bertz CT molecular complexity index is 2520. The minimum atomic E-state index is -4.24. The van der Waals surface area contributed by atoms with Gasteiger partial charge >= 0.3 is 6.18 Å². The maximum absolute atomic E-state index is 13.4. The van der Waals surface area contributed by atoms with E-state index >= 15 is 0 Å². The Labute approximate surface area is 398 Å². The zero-order valence-electron chi connectivity index (χ0n) is 40.1. The van der Waals surface area contributed by atoms with E-state index in [0.717, 1.165) is 38.0 Å². The Hall–Kier alpha value is -4.10. The summed E-state index contributed by atoms with van der Waals surface area (Å²) in [4.78, 5) is 18.4. The second-order valence-electron chi connectivity index (χ2n) is 20.3. The second-order valence-corrected chi connectivity index (χ2v) is 21.3. The molecule has 0 spiro atoms. The largest absolute Gasteiger partial charge is 0.512 e. The van der Waals surface area contributed by atoms with Gasteiger partial charge in [0, 0.05) is 59.5 Å². The second kappa shape index (κ2) is 21.0. The van der Waals surface area contributed by atoms with Crippen LogP contribution in [-0.2, 0) is 36.7 Å². The number of alkyl halides is 3. The summed E-state index contributed by atoms with van der Waals surface area (Å²) < 4.78 is 41.2. The summed E-state index contributed by atoms with van der Waals surface area (Å²) in [6.07, 6.45) is -0.919. The number of aromatic nitrogens is 1. The van der Waals surface area contributed by atoms with Crippen LogP contribution in [0.25, 0.3) is 53.7 Å². The van der Waals surface area contributed by atoms with E-state index < -0.39 is 11.6 Å². The molecule has 0 amide bonds. The Kier molecular flexibility index (Phi) is 17.3. The molecule has 345 valence electrons. The van der Waals surface area contributed by atoms with Gasteiger partial charge in [0.2, 0.25) is 0 Å². The summed E-state index contributed by atoms with van der Waals surface area (Å²) in [5, 5.41) is 13.8. The molecular formula is C56H67F3IrNO2S-. The molecule has 6 aromatic rings. The molecule has 1 radical (unpaired) electrons. The Morgan fingerprint density at radius 1 is 0.734 bits per heavy atom. The molecule has 2 aromatic heterocycles. The molecular weight excluding hydrogens is 1000 g/mol. The van der Waals surface area contributed by atoms with Crippen LogP contribution in [0.15, 0.2) is 103 Å². The number of halogens is 3. The number of carbonyl (C=O) groups excluding carboxylic acids is 1. The molecule has 0 saturated carbocycles. The number of aryl methyl sites for hydroxylation is 1. The first-order valence-corrected chi connectivity index (χ1v) is 23.2. The summed E-state index contributed by atoms with van der Waals surface area (Å²) >= 11 is 1.75. The maximum atomic E-state index is 13.4. The van der Waals surface area contributed by atoms with Crippen LogP contribution in [0.4, 0.5) is 13.2 Å². The zero-order valence-corrected chi connectivity index (χ0v) is 43.3. The van der Waals surface area contributed by atoms with E-state index in [0.29, 0.717) is 29.2 Å². The molecule has 4 aromatic carbocycles. The molecule has 6 rings (SSSR count). The number of fused-ring (bicyclic) bond motifs is 2. The number of thiophene rings is 1. The van der Waals surface area contributed by atoms with Crippen LogP contribution in [-0.4, -0.2) is 22.1 Å². The number of allylic oxidation sites excluding steroid dienone is 2. The van der Waals surface area contributed by atoms with Crippen molar-refractivity contribution in [1.29, 1.82) is 0 Å². The molecule has 0 saturated heterocycles. The number of rotatable bonds is 12. The van der Waals surface area contributed by atoms with Gasteiger partial charge in [-0.15, -0.1) is 40.5 Å². The fraction of sp³-hybridized carbons (Fsp3) is 0.429. The molecule has 0 unspecified atom stereocenters. The number of benzene rings is 4. The van der Waals surface area contributed by atoms with E-state index in [1.807, 2.05) is 18.3 Å². The predicted octanol–water partition coefficient (Wildman–Crippen LogP) is 16.8. The predicted molar refractivity (Wildman–Crippen MR) is 261 cm³/mol. The Morgan fingerprint density at radius 2 is 1.25 bits per heavy atom. The van der Waals surface area contributed by atoms with Gasteiger partial charge < -0.3 is 5.11 Å². The van der Waals surface area contributed by atoms with Crippen molar-refractivity contribution in [2.24, 2.45) is 40.9 Å². The van der Waals surface area contributed by atoms with Crippen molar-refractivity contribution in [2.75, 3.05) is 0 Å². The third-order valence-electron chi connectivity index (χ3n) is 12.4. The standard InChI is InChI=1S/C39H35F3NS.C17H32O2.Ir/c1-24-31-19-20-43-34(30-21-29-9-7-8-10-32(29)33(22-30)37(2,3)4)36(31)44-35(24)28-17-15-27(16-18-28)26-13-11-25(12-14-26)23-38(5,6)39(40,41)42;1-10(2)16(11(3)4)14(18)9-15(19)17(12(5)6)13(7)8;/h7-20,22H,23H2,1-6H3;9-13,16-18H,1-8H3;/q-1;;/b;14-9-;. The summed E-state index contributed by atoms with van der Waals surface area (Å²) in [6, 6.07) is 32.3. The first-order chi connectivity index (χ1) is 29.3. The molecule has 2 heterocycles. The van der Waals surface area contributed by atoms with E-state index in [4.69, 9.17) is 4.98 Å². The van der Waals surface area contributed by atoms with E-state index in [1.54, 1.807) is 23.5 Å². The molecule has 0 bridgehead atoms. The van der Waals surface area contributed by atoms with Gasteiger partial charge in [-0.05, 0) is 81.7 Å². The van der Waals surface area contributed by atoms with Crippen LogP contribution in [0.3, 0.4) is 0 Å². The van der Waals surface area contributed by atoms with Crippen molar-refractivity contribution in [3.05, 3.63) is 126 Å². The minimum absolute atomic E-state index is 0. The number of pyridine rings is 1. The van der Waals surface area contributed by atoms with Gasteiger partial charge in [-0.2, -0.15) is 13.2 Å². The summed E-state index contributed by atoms with van der Waals surface area (Å²) in [5.41, 5.74) is 6.45. The number of aliphatic hydroxyl groups excluding tert-OH is 1. The number of nitrogens with zero attached hydrogens (tertiary/aromatic N) is 1. The number of hydrogen-bond acceptors (Lipinski definition) is 4. The summed E-state index contributed by atoms with van der Waals surface area (Å²) in [7, 11) is 0. The van der Waals surface area contributed by atoms with E-state index in [2.05, 4.69) is 150 Å². The van der Waals surface area contributed by atoms with Gasteiger partial charge in [0.25, 0.3) is 0 Å². The van der Waals surface area contributed by atoms with Gasteiger partial charge in [0.15, 0.2) is 5.78 Å². The van der Waals surface area contributed by atoms with Crippen molar-refractivity contribution < 1.29 is 43.2 Å². The van der Waals surface area contributed by atoms with E-state index in [-0.39, 0.29) is 55.3 Å². The fourth-order valence-corrected chi connectivity index (χ4v) is 10.4. The number of carbonyl (C=O) groups is 1. The van der Waals surface area contributed by atoms with E-state index in [9.17, 15) is 23.1 Å². The first-order valence-electron chi connectivity index (χ1n) is 22.4. The van der Waals surface area contributed by atoms with Crippen LogP contribution in [0.2, 0.25) is 0 Å².